The SMILES string of the molecule is Fc1ccc(OC[C@@H]2CCOC2)c(C2CCN([C@@H]3COC4(C3)CN(c3nnco3)C4)CC2)c1. The number of nitrogens with zero attached hydrogens (tertiary/aromatic N) is 4. The molecule has 0 amide bonds. The van der Waals surface area contributed by atoms with E-state index in [0.717, 1.165) is 83.0 Å². The maximum atomic E-state index is 14.1. The zero-order valence-electron chi connectivity index (χ0n) is 18.8. The highest BCUT2D eigenvalue weighted by molar-refractivity contribution is 5.37. The molecule has 4 aliphatic heterocycles. The van der Waals surface area contributed by atoms with Gasteiger partial charge in [0.1, 0.15) is 17.2 Å². The fraction of sp³-hybridized carbons (Fsp3) is 0.667. The molecule has 1 spiro atoms. The highest BCUT2D eigenvalue weighted by Crippen LogP contribution is 2.41. The topological polar surface area (TPSA) is 73.1 Å². The van der Waals surface area contributed by atoms with Gasteiger partial charge in [-0.1, -0.05) is 5.10 Å². The Balaban J connectivity index is 1.03. The summed E-state index contributed by atoms with van der Waals surface area (Å²) in [4.78, 5) is 4.63. The summed E-state index contributed by atoms with van der Waals surface area (Å²) in [5.74, 6) is 1.40. The number of hydrogen-bond acceptors (Lipinski definition) is 8. The molecule has 9 heteroatoms. The van der Waals surface area contributed by atoms with Crippen molar-refractivity contribution < 1.29 is 23.0 Å². The summed E-state index contributed by atoms with van der Waals surface area (Å²) < 4.78 is 37.2. The molecule has 1 aromatic carbocycles. The number of ether oxygens (including phenoxy) is 3. The molecule has 0 radical (unpaired) electrons. The summed E-state index contributed by atoms with van der Waals surface area (Å²) in [5, 5.41) is 7.75. The van der Waals surface area contributed by atoms with E-state index in [9.17, 15) is 4.39 Å². The van der Waals surface area contributed by atoms with Crippen molar-refractivity contribution in [1.29, 1.82) is 0 Å². The maximum Gasteiger partial charge on any atom is 0.318 e. The molecule has 4 aliphatic rings. The number of hydrogen-bond donors (Lipinski definition) is 0. The molecule has 4 fully saturated rings. The molecule has 0 bridgehead atoms. The number of aromatic nitrogens is 2. The first-order valence-electron chi connectivity index (χ1n) is 12.1. The minimum atomic E-state index is -0.189. The molecule has 0 unspecified atom stereocenters. The van der Waals surface area contributed by atoms with E-state index >= 15 is 0 Å². The Morgan fingerprint density at radius 1 is 1.15 bits per heavy atom. The molecule has 2 atom stereocenters. The number of rotatable bonds is 6. The third kappa shape index (κ3) is 4.34. The molecule has 5 heterocycles. The van der Waals surface area contributed by atoms with Crippen molar-refractivity contribution in [3.63, 3.8) is 0 Å². The van der Waals surface area contributed by atoms with Gasteiger partial charge in [-0.3, -0.25) is 4.90 Å². The maximum absolute atomic E-state index is 14.1. The Kier molecular flexibility index (Phi) is 5.72. The molecule has 2 aromatic rings. The van der Waals surface area contributed by atoms with E-state index in [1.807, 2.05) is 0 Å². The van der Waals surface area contributed by atoms with Crippen LogP contribution in [0.3, 0.4) is 0 Å². The van der Waals surface area contributed by atoms with Crippen LogP contribution in [0.5, 0.6) is 5.75 Å². The third-order valence-electron chi connectivity index (χ3n) is 7.72. The van der Waals surface area contributed by atoms with Crippen LogP contribution in [0.1, 0.15) is 37.2 Å². The largest absolute Gasteiger partial charge is 0.493 e. The Bertz CT molecular complexity index is 938. The molecule has 33 heavy (non-hydrogen) atoms. The fourth-order valence-corrected chi connectivity index (χ4v) is 5.83. The lowest BCUT2D eigenvalue weighted by molar-refractivity contribution is -0.0216. The van der Waals surface area contributed by atoms with Gasteiger partial charge in [0.25, 0.3) is 0 Å². The number of anilines is 1. The molecule has 178 valence electrons. The Morgan fingerprint density at radius 2 is 2.03 bits per heavy atom. The molecule has 0 aliphatic carbocycles. The predicted octanol–water partition coefficient (Wildman–Crippen LogP) is 2.85. The van der Waals surface area contributed by atoms with Crippen LogP contribution in [-0.2, 0) is 9.47 Å². The number of halogens is 1. The van der Waals surface area contributed by atoms with Gasteiger partial charge in [-0.05, 0) is 62.9 Å². The van der Waals surface area contributed by atoms with Crippen LogP contribution in [0, 0.1) is 11.7 Å². The molecular formula is C24H31FN4O4. The zero-order valence-corrected chi connectivity index (χ0v) is 18.8. The van der Waals surface area contributed by atoms with Crippen LogP contribution in [0.15, 0.2) is 29.0 Å². The van der Waals surface area contributed by atoms with Gasteiger partial charge in [-0.15, -0.1) is 5.10 Å². The first-order chi connectivity index (χ1) is 16.2. The number of likely N-dealkylation sites (tertiary alicyclic amines) is 1. The molecule has 0 N–H and O–H groups in total. The average Bonchev–Trinajstić information content (AvgIpc) is 3.59. The van der Waals surface area contributed by atoms with Crippen LogP contribution < -0.4 is 9.64 Å². The zero-order chi connectivity index (χ0) is 22.3. The first-order valence-corrected chi connectivity index (χ1v) is 12.1. The summed E-state index contributed by atoms with van der Waals surface area (Å²) in [6, 6.07) is 5.98. The van der Waals surface area contributed by atoms with E-state index < -0.39 is 0 Å². The summed E-state index contributed by atoms with van der Waals surface area (Å²) >= 11 is 0. The summed E-state index contributed by atoms with van der Waals surface area (Å²) in [6.45, 7) is 6.57. The number of piperidine rings is 1. The van der Waals surface area contributed by atoms with Gasteiger partial charge in [0.15, 0.2) is 0 Å². The molecule has 6 rings (SSSR count). The minimum Gasteiger partial charge on any atom is -0.493 e. The molecule has 1 aromatic heterocycles. The van der Waals surface area contributed by atoms with Gasteiger partial charge in [0.2, 0.25) is 6.39 Å². The van der Waals surface area contributed by atoms with Crippen molar-refractivity contribution in [2.75, 3.05) is 57.5 Å². The van der Waals surface area contributed by atoms with Gasteiger partial charge >= 0.3 is 6.01 Å². The predicted molar refractivity (Wildman–Crippen MR) is 118 cm³/mol. The minimum absolute atomic E-state index is 0.0937. The van der Waals surface area contributed by atoms with E-state index in [4.69, 9.17) is 18.6 Å². The summed E-state index contributed by atoms with van der Waals surface area (Å²) in [5.41, 5.74) is 0.922. The van der Waals surface area contributed by atoms with Crippen LogP contribution in [0.4, 0.5) is 10.4 Å². The van der Waals surface area contributed by atoms with Crippen molar-refractivity contribution >= 4 is 6.01 Å². The van der Waals surface area contributed by atoms with Crippen molar-refractivity contribution in [2.24, 2.45) is 5.92 Å². The van der Waals surface area contributed by atoms with Crippen molar-refractivity contribution in [1.82, 2.24) is 15.1 Å². The Labute approximate surface area is 193 Å². The smallest absolute Gasteiger partial charge is 0.318 e. The van der Waals surface area contributed by atoms with Gasteiger partial charge < -0.3 is 23.5 Å². The lowest BCUT2D eigenvalue weighted by Crippen LogP contribution is -2.62. The van der Waals surface area contributed by atoms with E-state index in [-0.39, 0.29) is 11.4 Å². The standard InChI is InChI=1S/C24H31FN4O4/c25-19-1-2-22(31-12-17-5-8-30-11-17)21(9-19)18-3-6-28(7-4-18)20-10-24(33-13-20)14-29(15-24)23-27-26-16-32-23/h1-2,9,16-18,20H,3-8,10-15H2/t17-,20+/m1/s1. The fourth-order valence-electron chi connectivity index (χ4n) is 5.83. The van der Waals surface area contributed by atoms with Gasteiger partial charge in [-0.2, -0.15) is 0 Å². The van der Waals surface area contributed by atoms with Gasteiger partial charge in [-0.25, -0.2) is 4.39 Å². The van der Waals surface area contributed by atoms with Crippen molar-refractivity contribution in [3.05, 3.63) is 36.0 Å². The van der Waals surface area contributed by atoms with Gasteiger partial charge in [0, 0.05) is 24.1 Å². The van der Waals surface area contributed by atoms with Crippen molar-refractivity contribution in [3.8, 4) is 5.75 Å². The lowest BCUT2D eigenvalue weighted by atomic mass is 9.86. The summed E-state index contributed by atoms with van der Waals surface area (Å²) in [6.07, 6.45) is 5.43. The third-order valence-corrected chi connectivity index (χ3v) is 7.72. The van der Waals surface area contributed by atoms with E-state index in [2.05, 4.69) is 20.0 Å². The molecule has 4 saturated heterocycles. The van der Waals surface area contributed by atoms with Crippen LogP contribution in [0.2, 0.25) is 0 Å². The highest BCUT2D eigenvalue weighted by atomic mass is 19.1. The second-order valence-corrected chi connectivity index (χ2v) is 9.96. The second kappa shape index (κ2) is 8.85. The molecule has 0 saturated carbocycles. The van der Waals surface area contributed by atoms with Crippen LogP contribution in [-0.4, -0.2) is 79.3 Å². The lowest BCUT2D eigenvalue weighted by Gasteiger charge is -2.46. The van der Waals surface area contributed by atoms with E-state index in [0.29, 0.717) is 30.5 Å². The van der Waals surface area contributed by atoms with Gasteiger partial charge in [0.05, 0.1) is 32.9 Å². The number of benzene rings is 1. The second-order valence-electron chi connectivity index (χ2n) is 9.96. The normalized spacial score (nSPS) is 27.8. The highest BCUT2D eigenvalue weighted by Gasteiger charge is 2.52. The van der Waals surface area contributed by atoms with E-state index in [1.54, 1.807) is 12.1 Å². The first kappa shape index (κ1) is 21.3. The molecule has 8 nitrogen and oxygen atoms in total. The Hall–Kier alpha value is -2.23. The van der Waals surface area contributed by atoms with Crippen LogP contribution >= 0.6 is 0 Å². The average molecular weight is 459 g/mol. The van der Waals surface area contributed by atoms with Crippen molar-refractivity contribution in [2.45, 2.75) is 43.2 Å². The quantitative estimate of drug-likeness (QED) is 0.655. The summed E-state index contributed by atoms with van der Waals surface area (Å²) in [7, 11) is 0. The molecular weight excluding hydrogens is 427 g/mol. The Morgan fingerprint density at radius 3 is 2.79 bits per heavy atom. The van der Waals surface area contributed by atoms with Crippen LogP contribution in [0.25, 0.3) is 0 Å². The monoisotopic (exact) mass is 458 g/mol. The van der Waals surface area contributed by atoms with E-state index in [1.165, 1.54) is 12.5 Å².